The lowest BCUT2D eigenvalue weighted by atomic mass is 10.1. The molecule has 0 saturated heterocycles. The summed E-state index contributed by atoms with van der Waals surface area (Å²) in [7, 11) is 0. The van der Waals surface area contributed by atoms with Gasteiger partial charge in [-0.2, -0.15) is 0 Å². The third-order valence-electron chi connectivity index (χ3n) is 5.14. The summed E-state index contributed by atoms with van der Waals surface area (Å²) in [5.41, 5.74) is 2.69. The minimum atomic E-state index is -0.287. The van der Waals surface area contributed by atoms with E-state index in [0.29, 0.717) is 40.2 Å². The molecule has 0 atom stereocenters. The number of rotatable bonds is 5. The Balaban J connectivity index is 1.41. The fourth-order valence-corrected chi connectivity index (χ4v) is 4.43. The van der Waals surface area contributed by atoms with Crippen LogP contribution in [-0.2, 0) is 4.79 Å². The quantitative estimate of drug-likeness (QED) is 0.592. The van der Waals surface area contributed by atoms with E-state index < -0.39 is 0 Å². The summed E-state index contributed by atoms with van der Waals surface area (Å²) >= 11 is 1.38. The lowest BCUT2D eigenvalue weighted by Crippen LogP contribution is -2.38. The van der Waals surface area contributed by atoms with Gasteiger partial charge in [0.25, 0.3) is 11.8 Å². The Morgan fingerprint density at radius 3 is 2.84 bits per heavy atom. The Labute approximate surface area is 188 Å². The van der Waals surface area contributed by atoms with Gasteiger partial charge >= 0.3 is 0 Å². The monoisotopic (exact) mass is 449 g/mol. The molecule has 0 radical (unpaired) electrons. The van der Waals surface area contributed by atoms with Crippen molar-refractivity contribution in [3.8, 4) is 28.5 Å². The van der Waals surface area contributed by atoms with E-state index in [-0.39, 0.29) is 25.2 Å². The van der Waals surface area contributed by atoms with Crippen molar-refractivity contribution in [2.75, 3.05) is 30.2 Å². The molecule has 1 aromatic heterocycles. The second-order valence-electron chi connectivity index (χ2n) is 7.21. The Bertz CT molecular complexity index is 1250. The van der Waals surface area contributed by atoms with Crippen molar-refractivity contribution in [1.29, 1.82) is 0 Å². The number of amides is 2. The third kappa shape index (κ3) is 3.56. The van der Waals surface area contributed by atoms with Crippen LogP contribution in [0.2, 0.25) is 0 Å². The second kappa shape index (κ2) is 8.01. The summed E-state index contributed by atoms with van der Waals surface area (Å²) in [6.07, 6.45) is 1.68. The summed E-state index contributed by atoms with van der Waals surface area (Å²) in [5, 5.41) is 3.33. The number of ether oxygens (including phenoxy) is 3. The molecule has 0 fully saturated rings. The largest absolute Gasteiger partial charge is 0.482 e. The number of aromatic nitrogens is 1. The van der Waals surface area contributed by atoms with E-state index >= 15 is 0 Å². The molecule has 0 spiro atoms. The molecular formula is C23H19N3O5S. The first-order valence-corrected chi connectivity index (χ1v) is 10.7. The molecule has 9 heteroatoms. The number of thiazole rings is 1. The molecule has 0 saturated carbocycles. The molecule has 2 amide bonds. The van der Waals surface area contributed by atoms with Gasteiger partial charge < -0.3 is 19.1 Å². The number of nitrogens with zero attached hydrogens (tertiary/aromatic N) is 2. The predicted octanol–water partition coefficient (Wildman–Crippen LogP) is 4.01. The van der Waals surface area contributed by atoms with Crippen LogP contribution in [0.3, 0.4) is 0 Å². The maximum Gasteiger partial charge on any atom is 0.265 e. The van der Waals surface area contributed by atoms with Crippen LogP contribution >= 0.6 is 11.3 Å². The Hall–Kier alpha value is -3.85. The van der Waals surface area contributed by atoms with Gasteiger partial charge in [-0.15, -0.1) is 17.9 Å². The molecule has 0 aliphatic carbocycles. The number of hydrogen-bond donors (Lipinski definition) is 1. The van der Waals surface area contributed by atoms with Crippen LogP contribution in [0.5, 0.6) is 17.2 Å². The van der Waals surface area contributed by atoms with Crippen LogP contribution in [0, 0.1) is 6.92 Å². The van der Waals surface area contributed by atoms with Gasteiger partial charge in [0.15, 0.2) is 23.2 Å². The van der Waals surface area contributed by atoms with Crippen molar-refractivity contribution >= 4 is 34.0 Å². The van der Waals surface area contributed by atoms with Crippen molar-refractivity contribution in [3.05, 3.63) is 59.5 Å². The highest BCUT2D eigenvalue weighted by atomic mass is 32.1. The third-order valence-corrected chi connectivity index (χ3v) is 6.03. The summed E-state index contributed by atoms with van der Waals surface area (Å²) in [4.78, 5) is 32.2. The van der Waals surface area contributed by atoms with Crippen molar-refractivity contribution in [2.24, 2.45) is 0 Å². The number of nitrogens with one attached hydrogen (secondary N) is 1. The topological polar surface area (TPSA) is 90.0 Å². The van der Waals surface area contributed by atoms with E-state index in [1.165, 1.54) is 11.3 Å². The Morgan fingerprint density at radius 2 is 2.00 bits per heavy atom. The summed E-state index contributed by atoms with van der Waals surface area (Å²) < 4.78 is 16.2. The average Bonchev–Trinajstić information content (AvgIpc) is 3.41. The predicted molar refractivity (Wildman–Crippen MR) is 121 cm³/mol. The minimum absolute atomic E-state index is 0.00591. The van der Waals surface area contributed by atoms with Gasteiger partial charge in [0.05, 0.1) is 11.4 Å². The van der Waals surface area contributed by atoms with E-state index in [0.717, 1.165) is 16.1 Å². The first kappa shape index (κ1) is 20.1. The highest BCUT2D eigenvalue weighted by Crippen LogP contribution is 2.38. The van der Waals surface area contributed by atoms with E-state index in [1.54, 1.807) is 29.2 Å². The highest BCUT2D eigenvalue weighted by molar-refractivity contribution is 7.16. The average molecular weight is 449 g/mol. The SMILES string of the molecule is C=CCN1C(=O)COc2ccc(-c3nc(NC(=O)c4ccc5c(c4)OCO5)sc3C)cc21. The second-order valence-corrected chi connectivity index (χ2v) is 8.41. The van der Waals surface area contributed by atoms with Crippen molar-refractivity contribution in [2.45, 2.75) is 6.92 Å². The zero-order valence-corrected chi connectivity index (χ0v) is 18.0. The van der Waals surface area contributed by atoms with Gasteiger partial charge in [0.2, 0.25) is 6.79 Å². The van der Waals surface area contributed by atoms with Crippen molar-refractivity contribution in [3.63, 3.8) is 0 Å². The van der Waals surface area contributed by atoms with E-state index in [4.69, 9.17) is 14.2 Å². The maximum absolute atomic E-state index is 12.7. The molecule has 3 aromatic rings. The highest BCUT2D eigenvalue weighted by Gasteiger charge is 2.26. The molecule has 8 nitrogen and oxygen atoms in total. The molecule has 0 unspecified atom stereocenters. The van der Waals surface area contributed by atoms with Crippen molar-refractivity contribution < 1.29 is 23.8 Å². The van der Waals surface area contributed by atoms with Crippen LogP contribution in [0.4, 0.5) is 10.8 Å². The lowest BCUT2D eigenvalue weighted by Gasteiger charge is -2.28. The van der Waals surface area contributed by atoms with Crippen LogP contribution in [0.15, 0.2) is 49.1 Å². The Morgan fingerprint density at radius 1 is 1.19 bits per heavy atom. The number of benzene rings is 2. The number of fused-ring (bicyclic) bond motifs is 2. The molecule has 0 bridgehead atoms. The summed E-state index contributed by atoms with van der Waals surface area (Å²) in [6, 6.07) is 10.6. The molecule has 162 valence electrons. The van der Waals surface area contributed by atoms with Gasteiger partial charge in [-0.3, -0.25) is 14.9 Å². The van der Waals surface area contributed by atoms with E-state index in [9.17, 15) is 9.59 Å². The zero-order chi connectivity index (χ0) is 22.2. The Kier molecular flexibility index (Phi) is 5.02. The number of hydrogen-bond acceptors (Lipinski definition) is 7. The summed E-state index contributed by atoms with van der Waals surface area (Å²) in [6.45, 7) is 6.22. The van der Waals surface area contributed by atoms with Gasteiger partial charge in [-0.25, -0.2) is 4.98 Å². The normalized spacial score (nSPS) is 14.0. The molecular weight excluding hydrogens is 430 g/mol. The standard InChI is InChI=1S/C23H19N3O5S/c1-3-8-26-16-9-14(4-6-17(16)29-11-20(26)27)21-13(2)32-23(24-21)25-22(28)15-5-7-18-19(10-15)31-12-30-18/h3-7,9-10H,1,8,11-12H2,2H3,(H,24,25,28). The van der Waals surface area contributed by atoms with Gasteiger partial charge in [0.1, 0.15) is 5.75 Å². The van der Waals surface area contributed by atoms with Gasteiger partial charge in [0, 0.05) is 22.5 Å². The molecule has 1 N–H and O–H groups in total. The molecule has 2 aliphatic heterocycles. The lowest BCUT2D eigenvalue weighted by molar-refractivity contribution is -0.121. The van der Waals surface area contributed by atoms with Crippen LogP contribution in [-0.4, -0.2) is 36.7 Å². The van der Waals surface area contributed by atoms with Crippen LogP contribution < -0.4 is 24.4 Å². The maximum atomic E-state index is 12.7. The molecule has 5 rings (SSSR count). The van der Waals surface area contributed by atoms with E-state index in [2.05, 4.69) is 16.9 Å². The molecule has 3 heterocycles. The minimum Gasteiger partial charge on any atom is -0.482 e. The smallest absolute Gasteiger partial charge is 0.265 e. The summed E-state index contributed by atoms with van der Waals surface area (Å²) in [5.74, 6) is 1.39. The van der Waals surface area contributed by atoms with Crippen LogP contribution in [0.1, 0.15) is 15.2 Å². The zero-order valence-electron chi connectivity index (χ0n) is 17.2. The fraction of sp³-hybridized carbons (Fsp3) is 0.174. The van der Waals surface area contributed by atoms with Crippen molar-refractivity contribution in [1.82, 2.24) is 4.98 Å². The van der Waals surface area contributed by atoms with Gasteiger partial charge in [-0.05, 0) is 43.3 Å². The number of carbonyl (C=O) groups excluding carboxylic acids is 2. The fourth-order valence-electron chi connectivity index (χ4n) is 3.60. The molecule has 2 aromatic carbocycles. The number of aryl methyl sites for hydroxylation is 1. The first-order chi connectivity index (χ1) is 15.5. The first-order valence-electron chi connectivity index (χ1n) is 9.90. The van der Waals surface area contributed by atoms with E-state index in [1.807, 2.05) is 25.1 Å². The van der Waals surface area contributed by atoms with Crippen LogP contribution in [0.25, 0.3) is 11.3 Å². The number of carbonyl (C=O) groups is 2. The molecule has 32 heavy (non-hydrogen) atoms. The van der Waals surface area contributed by atoms with Gasteiger partial charge in [-0.1, -0.05) is 6.08 Å². The number of anilines is 2. The molecule has 2 aliphatic rings.